The Morgan fingerprint density at radius 1 is 1.00 bits per heavy atom. The molecule has 2 heterocycles. The second-order valence-electron chi connectivity index (χ2n) is 9.50. The minimum atomic E-state index is -0.893. The molecule has 2 fully saturated rings. The third-order valence-electron chi connectivity index (χ3n) is 6.59. The fourth-order valence-electron chi connectivity index (χ4n) is 4.77. The van der Waals surface area contributed by atoms with Gasteiger partial charge in [-0.15, -0.1) is 0 Å². The number of hydrogen-bond acceptors (Lipinski definition) is 4. The molecule has 180 valence electrons. The van der Waals surface area contributed by atoms with Gasteiger partial charge in [0.15, 0.2) is 0 Å². The highest BCUT2D eigenvalue weighted by molar-refractivity contribution is 5.98. The second-order valence-corrected chi connectivity index (χ2v) is 9.50. The van der Waals surface area contributed by atoms with Crippen molar-refractivity contribution in [1.29, 1.82) is 0 Å². The molecular weight excluding hydrogens is 430 g/mol. The van der Waals surface area contributed by atoms with Gasteiger partial charge < -0.3 is 15.0 Å². The van der Waals surface area contributed by atoms with Crippen LogP contribution in [0, 0.1) is 5.92 Å². The van der Waals surface area contributed by atoms with E-state index < -0.39 is 11.8 Å². The molecular formula is C27H33N3O4. The van der Waals surface area contributed by atoms with Crippen molar-refractivity contribution in [1.82, 2.24) is 15.1 Å². The van der Waals surface area contributed by atoms with Gasteiger partial charge in [0.1, 0.15) is 11.8 Å². The van der Waals surface area contributed by atoms with Crippen LogP contribution >= 0.6 is 0 Å². The molecule has 3 amide bonds. The zero-order valence-corrected chi connectivity index (χ0v) is 19.9. The highest BCUT2D eigenvalue weighted by Crippen LogP contribution is 2.38. The lowest BCUT2D eigenvalue weighted by Gasteiger charge is -2.44. The molecule has 2 aromatic rings. The van der Waals surface area contributed by atoms with Crippen LogP contribution in [0.25, 0.3) is 0 Å². The van der Waals surface area contributed by atoms with E-state index in [0.717, 1.165) is 5.56 Å². The van der Waals surface area contributed by atoms with Crippen molar-refractivity contribution in [3.63, 3.8) is 0 Å². The van der Waals surface area contributed by atoms with Crippen molar-refractivity contribution < 1.29 is 19.1 Å². The van der Waals surface area contributed by atoms with Gasteiger partial charge in [0.05, 0.1) is 6.61 Å². The highest BCUT2D eigenvalue weighted by Gasteiger charge is 2.54. The van der Waals surface area contributed by atoms with Crippen LogP contribution in [-0.2, 0) is 20.9 Å². The topological polar surface area (TPSA) is 79.0 Å². The standard InChI is InChI=1S/C27H33N3O4/c1-20(2)17-24(31)29-15-13-27(14-16-29)30(26(33)22-11-7-4-8-12-22)23(19-34-27)25(32)28-18-21-9-5-3-6-10-21/h3-12,20,23H,13-19H2,1-2H3,(H,28,32)/t23-/m1/s1. The molecule has 2 aromatic carbocycles. The molecule has 0 saturated carbocycles. The van der Waals surface area contributed by atoms with Gasteiger partial charge in [-0.25, -0.2) is 0 Å². The Hall–Kier alpha value is -3.19. The first kappa shape index (κ1) is 24.0. The van der Waals surface area contributed by atoms with E-state index in [-0.39, 0.29) is 24.3 Å². The van der Waals surface area contributed by atoms with E-state index in [0.29, 0.717) is 50.4 Å². The number of hydrogen-bond donors (Lipinski definition) is 1. The molecule has 0 unspecified atom stereocenters. The summed E-state index contributed by atoms with van der Waals surface area (Å²) in [6.45, 7) is 5.59. The molecule has 7 heteroatoms. The molecule has 7 nitrogen and oxygen atoms in total. The second kappa shape index (κ2) is 10.4. The van der Waals surface area contributed by atoms with Gasteiger partial charge in [0.25, 0.3) is 5.91 Å². The van der Waals surface area contributed by atoms with E-state index in [1.165, 1.54) is 0 Å². The summed E-state index contributed by atoms with van der Waals surface area (Å²) in [6.07, 6.45) is 1.47. The average Bonchev–Trinajstić information content (AvgIpc) is 3.21. The van der Waals surface area contributed by atoms with Crippen molar-refractivity contribution >= 4 is 17.7 Å². The Labute approximate surface area is 201 Å². The van der Waals surface area contributed by atoms with Crippen molar-refractivity contribution in [2.24, 2.45) is 5.92 Å². The number of amides is 3. The van der Waals surface area contributed by atoms with Gasteiger partial charge in [-0.2, -0.15) is 0 Å². The first-order valence-corrected chi connectivity index (χ1v) is 12.0. The van der Waals surface area contributed by atoms with E-state index in [1.807, 2.05) is 67.3 Å². The third kappa shape index (κ3) is 5.14. The molecule has 2 aliphatic heterocycles. The Morgan fingerprint density at radius 3 is 2.24 bits per heavy atom. The monoisotopic (exact) mass is 463 g/mol. The SMILES string of the molecule is CC(C)CC(=O)N1CCC2(CC1)OC[C@H](C(=O)NCc1ccccc1)N2C(=O)c1ccccc1. The van der Waals surface area contributed by atoms with E-state index >= 15 is 0 Å². The molecule has 0 aliphatic carbocycles. The van der Waals surface area contributed by atoms with Crippen LogP contribution < -0.4 is 5.32 Å². The van der Waals surface area contributed by atoms with Gasteiger partial charge in [-0.3, -0.25) is 19.3 Å². The molecule has 1 atom stereocenters. The molecule has 1 N–H and O–H groups in total. The molecule has 2 saturated heterocycles. The molecule has 1 spiro atoms. The normalized spacial score (nSPS) is 19.4. The molecule has 0 radical (unpaired) electrons. The number of likely N-dealkylation sites (tertiary alicyclic amines) is 1. The molecule has 4 rings (SSSR count). The van der Waals surface area contributed by atoms with Gasteiger partial charge in [0.2, 0.25) is 11.8 Å². The first-order chi connectivity index (χ1) is 16.4. The van der Waals surface area contributed by atoms with Crippen LogP contribution in [0.2, 0.25) is 0 Å². The minimum absolute atomic E-state index is 0.126. The number of ether oxygens (including phenoxy) is 1. The van der Waals surface area contributed by atoms with Gasteiger partial charge in [-0.05, 0) is 23.6 Å². The summed E-state index contributed by atoms with van der Waals surface area (Å²) in [5, 5.41) is 2.97. The number of piperidine rings is 1. The number of nitrogens with one attached hydrogen (secondary N) is 1. The maximum Gasteiger partial charge on any atom is 0.256 e. The lowest BCUT2D eigenvalue weighted by molar-refractivity contribution is -0.144. The van der Waals surface area contributed by atoms with Crippen LogP contribution in [0.15, 0.2) is 60.7 Å². The zero-order chi connectivity index (χ0) is 24.1. The fraction of sp³-hybridized carbons (Fsp3) is 0.444. The van der Waals surface area contributed by atoms with Crippen LogP contribution in [-0.4, -0.2) is 59.0 Å². The predicted octanol–water partition coefficient (Wildman–Crippen LogP) is 3.21. The van der Waals surface area contributed by atoms with Gasteiger partial charge in [0, 0.05) is 44.5 Å². The number of benzene rings is 2. The predicted molar refractivity (Wildman–Crippen MR) is 129 cm³/mol. The highest BCUT2D eigenvalue weighted by atomic mass is 16.5. The van der Waals surface area contributed by atoms with Crippen molar-refractivity contribution in [3.05, 3.63) is 71.8 Å². The van der Waals surface area contributed by atoms with E-state index in [2.05, 4.69) is 5.32 Å². The van der Waals surface area contributed by atoms with Crippen molar-refractivity contribution in [3.8, 4) is 0 Å². The summed E-state index contributed by atoms with van der Waals surface area (Å²) in [6, 6.07) is 18.0. The molecule has 34 heavy (non-hydrogen) atoms. The maximum absolute atomic E-state index is 13.7. The lowest BCUT2D eigenvalue weighted by Crippen LogP contribution is -2.59. The molecule has 0 bridgehead atoms. The van der Waals surface area contributed by atoms with Crippen molar-refractivity contribution in [2.75, 3.05) is 19.7 Å². The van der Waals surface area contributed by atoms with Gasteiger partial charge >= 0.3 is 0 Å². The minimum Gasteiger partial charge on any atom is -0.353 e. The first-order valence-electron chi connectivity index (χ1n) is 12.0. The molecule has 2 aliphatic rings. The van der Waals surface area contributed by atoms with E-state index in [1.54, 1.807) is 17.0 Å². The van der Waals surface area contributed by atoms with E-state index in [4.69, 9.17) is 4.74 Å². The summed E-state index contributed by atoms with van der Waals surface area (Å²) in [5.41, 5.74) is 0.616. The molecule has 0 aromatic heterocycles. The Morgan fingerprint density at radius 2 is 1.62 bits per heavy atom. The summed E-state index contributed by atoms with van der Waals surface area (Å²) in [7, 11) is 0. The Bertz CT molecular complexity index is 1000. The summed E-state index contributed by atoms with van der Waals surface area (Å²) < 4.78 is 6.24. The maximum atomic E-state index is 13.7. The number of rotatable bonds is 6. The quantitative estimate of drug-likeness (QED) is 0.714. The number of carbonyl (C=O) groups excluding carboxylic acids is 3. The summed E-state index contributed by atoms with van der Waals surface area (Å²) in [4.78, 5) is 43.0. The van der Waals surface area contributed by atoms with Crippen LogP contribution in [0.4, 0.5) is 0 Å². The smallest absolute Gasteiger partial charge is 0.256 e. The van der Waals surface area contributed by atoms with Crippen LogP contribution in [0.5, 0.6) is 0 Å². The fourth-order valence-corrected chi connectivity index (χ4v) is 4.77. The average molecular weight is 464 g/mol. The third-order valence-corrected chi connectivity index (χ3v) is 6.59. The largest absolute Gasteiger partial charge is 0.353 e. The summed E-state index contributed by atoms with van der Waals surface area (Å²) >= 11 is 0. The number of carbonyl (C=O) groups is 3. The number of nitrogens with zero attached hydrogens (tertiary/aromatic N) is 2. The Balaban J connectivity index is 1.53. The lowest BCUT2D eigenvalue weighted by atomic mass is 9.96. The van der Waals surface area contributed by atoms with Crippen LogP contribution in [0.3, 0.4) is 0 Å². The van der Waals surface area contributed by atoms with Crippen molar-refractivity contribution in [2.45, 2.75) is 51.4 Å². The van der Waals surface area contributed by atoms with Crippen LogP contribution in [0.1, 0.15) is 49.0 Å². The Kier molecular flexibility index (Phi) is 7.32. The van der Waals surface area contributed by atoms with Gasteiger partial charge in [-0.1, -0.05) is 62.4 Å². The zero-order valence-electron chi connectivity index (χ0n) is 19.9. The summed E-state index contributed by atoms with van der Waals surface area (Å²) in [5.74, 6) is -0.0378. The van der Waals surface area contributed by atoms with E-state index in [9.17, 15) is 14.4 Å².